The lowest BCUT2D eigenvalue weighted by Gasteiger charge is -2.26. The van der Waals surface area contributed by atoms with Crippen molar-refractivity contribution in [2.45, 2.75) is 72.3 Å². The van der Waals surface area contributed by atoms with Gasteiger partial charge in [0.05, 0.1) is 0 Å². The lowest BCUT2D eigenvalue weighted by Crippen LogP contribution is -2.31. The first-order valence-corrected chi connectivity index (χ1v) is 7.47. The van der Waals surface area contributed by atoms with Crippen LogP contribution in [0.4, 0.5) is 4.79 Å². The van der Waals surface area contributed by atoms with E-state index in [2.05, 4.69) is 33.0 Å². The molecule has 0 spiro atoms. The van der Waals surface area contributed by atoms with Crippen LogP contribution in [0.1, 0.15) is 66.2 Å². The quantitative estimate of drug-likeness (QED) is 0.666. The van der Waals surface area contributed by atoms with Gasteiger partial charge in [-0.3, -0.25) is 0 Å². The summed E-state index contributed by atoms with van der Waals surface area (Å²) >= 11 is 0. The highest BCUT2D eigenvalue weighted by atomic mass is 16.6. The molecule has 0 saturated carbocycles. The molecule has 0 aromatic rings. The Balaban J connectivity index is 4.36. The van der Waals surface area contributed by atoms with Crippen molar-refractivity contribution in [2.75, 3.05) is 7.05 Å². The molecule has 3 heteroatoms. The van der Waals surface area contributed by atoms with Crippen molar-refractivity contribution in [1.82, 2.24) is 5.32 Å². The summed E-state index contributed by atoms with van der Waals surface area (Å²) in [7, 11) is 1.61. The van der Waals surface area contributed by atoms with E-state index in [1.165, 1.54) is 19.3 Å². The number of amides is 1. The number of ether oxygens (including phenoxy) is 1. The molecule has 0 aromatic heterocycles. The maximum Gasteiger partial charge on any atom is 0.407 e. The molecule has 0 saturated heterocycles. The smallest absolute Gasteiger partial charge is 0.407 e. The predicted octanol–water partition coefficient (Wildman–Crippen LogP) is 4.36. The summed E-state index contributed by atoms with van der Waals surface area (Å²) in [5.41, 5.74) is 0. The summed E-state index contributed by atoms with van der Waals surface area (Å²) in [5, 5.41) is 2.54. The Morgan fingerprint density at radius 1 is 1.11 bits per heavy atom. The van der Waals surface area contributed by atoms with Gasteiger partial charge in [-0.15, -0.1) is 0 Å². The lowest BCUT2D eigenvalue weighted by atomic mass is 9.87. The molecular formula is C15H31NO2. The molecule has 3 nitrogen and oxygen atoms in total. The van der Waals surface area contributed by atoms with Gasteiger partial charge in [0.15, 0.2) is 0 Å². The van der Waals surface area contributed by atoms with Gasteiger partial charge in [0.1, 0.15) is 6.10 Å². The number of carbonyl (C=O) groups excluding carboxylic acids is 1. The highest BCUT2D eigenvalue weighted by molar-refractivity contribution is 5.66. The Labute approximate surface area is 113 Å². The fourth-order valence-corrected chi connectivity index (χ4v) is 2.30. The van der Waals surface area contributed by atoms with E-state index in [0.717, 1.165) is 25.2 Å². The topological polar surface area (TPSA) is 38.3 Å². The number of alkyl carbamates (subject to hydrolysis) is 1. The first-order valence-electron chi connectivity index (χ1n) is 7.47. The molecule has 0 aliphatic carbocycles. The first kappa shape index (κ1) is 17.3. The largest absolute Gasteiger partial charge is 0.446 e. The Bertz CT molecular complexity index is 219. The molecule has 0 bridgehead atoms. The average Bonchev–Trinajstić information content (AvgIpc) is 2.40. The summed E-state index contributed by atoms with van der Waals surface area (Å²) in [5.74, 6) is 1.27. The second-order valence-corrected chi connectivity index (χ2v) is 5.24. The zero-order valence-corrected chi connectivity index (χ0v) is 12.8. The zero-order chi connectivity index (χ0) is 14.0. The van der Waals surface area contributed by atoms with Crippen LogP contribution in [0.3, 0.4) is 0 Å². The molecule has 18 heavy (non-hydrogen) atoms. The molecule has 3 atom stereocenters. The van der Waals surface area contributed by atoms with Crippen LogP contribution in [0.15, 0.2) is 0 Å². The van der Waals surface area contributed by atoms with Gasteiger partial charge in [-0.2, -0.15) is 0 Å². The van der Waals surface area contributed by atoms with Crippen molar-refractivity contribution in [1.29, 1.82) is 0 Å². The third-order valence-electron chi connectivity index (χ3n) is 3.78. The normalized spacial score (nSPS) is 15.8. The fraction of sp³-hybridized carbons (Fsp3) is 0.933. The summed E-state index contributed by atoms with van der Waals surface area (Å²) in [6, 6.07) is 0. The predicted molar refractivity (Wildman–Crippen MR) is 76.7 cm³/mol. The molecule has 1 amide bonds. The van der Waals surface area contributed by atoms with Gasteiger partial charge < -0.3 is 10.1 Å². The maximum absolute atomic E-state index is 11.4. The van der Waals surface area contributed by atoms with Crippen molar-refractivity contribution in [3.05, 3.63) is 0 Å². The molecule has 0 aromatic carbocycles. The monoisotopic (exact) mass is 257 g/mol. The molecule has 0 fully saturated rings. The van der Waals surface area contributed by atoms with Crippen molar-refractivity contribution in [3.63, 3.8) is 0 Å². The first-order chi connectivity index (χ1) is 8.58. The molecular weight excluding hydrogens is 226 g/mol. The number of hydrogen-bond acceptors (Lipinski definition) is 2. The summed E-state index contributed by atoms with van der Waals surface area (Å²) in [6.07, 6.45) is 6.59. The molecule has 0 heterocycles. The molecule has 108 valence electrons. The van der Waals surface area contributed by atoms with Crippen molar-refractivity contribution in [3.8, 4) is 0 Å². The summed E-state index contributed by atoms with van der Waals surface area (Å²) in [4.78, 5) is 11.4. The van der Waals surface area contributed by atoms with Gasteiger partial charge in [-0.25, -0.2) is 4.79 Å². The lowest BCUT2D eigenvalue weighted by molar-refractivity contribution is 0.0517. The third-order valence-corrected chi connectivity index (χ3v) is 3.78. The molecule has 0 rings (SSSR count). The second-order valence-electron chi connectivity index (χ2n) is 5.24. The highest BCUT2D eigenvalue weighted by Gasteiger charge is 2.23. The van der Waals surface area contributed by atoms with Crippen molar-refractivity contribution < 1.29 is 9.53 Å². The van der Waals surface area contributed by atoms with Crippen LogP contribution in [0.5, 0.6) is 0 Å². The zero-order valence-electron chi connectivity index (χ0n) is 12.8. The van der Waals surface area contributed by atoms with E-state index in [1.807, 2.05) is 0 Å². The van der Waals surface area contributed by atoms with E-state index in [1.54, 1.807) is 7.05 Å². The van der Waals surface area contributed by atoms with E-state index in [0.29, 0.717) is 5.92 Å². The fourth-order valence-electron chi connectivity index (χ4n) is 2.30. The van der Waals surface area contributed by atoms with Crippen LogP contribution in [0.2, 0.25) is 0 Å². The van der Waals surface area contributed by atoms with E-state index < -0.39 is 0 Å². The molecule has 1 N–H and O–H groups in total. The summed E-state index contributed by atoms with van der Waals surface area (Å²) in [6.45, 7) is 8.82. The van der Waals surface area contributed by atoms with Crippen LogP contribution >= 0.6 is 0 Å². The number of hydrogen-bond donors (Lipinski definition) is 1. The Morgan fingerprint density at radius 3 is 2.22 bits per heavy atom. The minimum atomic E-state index is -0.300. The Morgan fingerprint density at radius 2 is 1.78 bits per heavy atom. The second kappa shape index (κ2) is 10.2. The SMILES string of the molecule is CCCC(CCC(C)CC)C(CC)OC(=O)NC. The van der Waals surface area contributed by atoms with Gasteiger partial charge >= 0.3 is 6.09 Å². The van der Waals surface area contributed by atoms with Gasteiger partial charge in [-0.1, -0.05) is 47.0 Å². The van der Waals surface area contributed by atoms with E-state index in [9.17, 15) is 4.79 Å². The van der Waals surface area contributed by atoms with Crippen LogP contribution in [-0.4, -0.2) is 19.2 Å². The van der Waals surface area contributed by atoms with Crippen molar-refractivity contribution in [2.24, 2.45) is 11.8 Å². The van der Waals surface area contributed by atoms with Crippen LogP contribution < -0.4 is 5.32 Å². The standard InChI is InChI=1S/C15H31NO2/c1-6-9-13(11-10-12(4)7-2)14(8-3)18-15(17)16-5/h12-14H,6-11H2,1-5H3,(H,16,17). The van der Waals surface area contributed by atoms with E-state index in [-0.39, 0.29) is 12.2 Å². The molecule has 0 radical (unpaired) electrons. The third kappa shape index (κ3) is 6.87. The van der Waals surface area contributed by atoms with Gasteiger partial charge in [0.25, 0.3) is 0 Å². The van der Waals surface area contributed by atoms with Gasteiger partial charge in [0, 0.05) is 7.05 Å². The molecule has 3 unspecified atom stereocenters. The highest BCUT2D eigenvalue weighted by Crippen LogP contribution is 2.25. The van der Waals surface area contributed by atoms with E-state index in [4.69, 9.17) is 4.74 Å². The number of carbonyl (C=O) groups is 1. The number of nitrogens with one attached hydrogen (secondary N) is 1. The minimum Gasteiger partial charge on any atom is -0.446 e. The number of rotatable bonds is 9. The van der Waals surface area contributed by atoms with E-state index >= 15 is 0 Å². The van der Waals surface area contributed by atoms with Crippen molar-refractivity contribution >= 4 is 6.09 Å². The van der Waals surface area contributed by atoms with Gasteiger partial charge in [0.2, 0.25) is 0 Å². The minimum absolute atomic E-state index is 0.0638. The van der Waals surface area contributed by atoms with Crippen LogP contribution in [0, 0.1) is 11.8 Å². The summed E-state index contributed by atoms with van der Waals surface area (Å²) < 4.78 is 5.48. The molecule has 0 aliphatic rings. The Hall–Kier alpha value is -0.730. The van der Waals surface area contributed by atoms with Gasteiger partial charge in [-0.05, 0) is 31.1 Å². The van der Waals surface area contributed by atoms with Crippen LogP contribution in [-0.2, 0) is 4.74 Å². The molecule has 0 aliphatic heterocycles. The Kier molecular flexibility index (Phi) is 9.80. The van der Waals surface area contributed by atoms with Crippen LogP contribution in [0.25, 0.3) is 0 Å². The maximum atomic E-state index is 11.4. The average molecular weight is 257 g/mol.